The number of ketones is 5. The summed E-state index contributed by atoms with van der Waals surface area (Å²) in [5.74, 6) is -7.76. The topological polar surface area (TPSA) is 517 Å². The van der Waals surface area contributed by atoms with Gasteiger partial charge in [0.25, 0.3) is 0 Å². The van der Waals surface area contributed by atoms with Crippen LogP contribution in [0.3, 0.4) is 0 Å². The first-order chi connectivity index (χ1) is 60.9. The summed E-state index contributed by atoms with van der Waals surface area (Å²) in [6.07, 6.45) is 24.9. The van der Waals surface area contributed by atoms with Crippen LogP contribution in [0.5, 0.6) is 11.5 Å². The molecule has 6 atom stereocenters. The lowest BCUT2D eigenvalue weighted by Gasteiger charge is -2.23. The number of amides is 6. The van der Waals surface area contributed by atoms with Crippen molar-refractivity contribution >= 4 is 88.2 Å². The van der Waals surface area contributed by atoms with E-state index in [1.165, 1.54) is 31.2 Å². The van der Waals surface area contributed by atoms with Crippen molar-refractivity contribution in [3.8, 4) is 11.5 Å². The Balaban J connectivity index is 1.47. The van der Waals surface area contributed by atoms with Gasteiger partial charge in [0, 0.05) is 101 Å². The fourth-order valence-corrected chi connectivity index (χ4v) is 13.8. The highest BCUT2D eigenvalue weighted by molar-refractivity contribution is 5.93. The van der Waals surface area contributed by atoms with Crippen molar-refractivity contribution in [3.05, 3.63) is 59.7 Å². The van der Waals surface area contributed by atoms with Crippen LogP contribution in [-0.2, 0) is 81.3 Å². The molecule has 2 aromatic rings. The molecule has 2 rings (SSSR count). The molecular weight excluding hydrogens is 1640 g/mol. The number of hydrogen-bond acceptors (Lipinski definition) is 23. The molecule has 0 aromatic heterocycles. The molecule has 0 saturated carbocycles. The standard InChI is InChI=1S/C94H152N8O25/c1-69(103)72(32-24-27-52-100-88(112)79(95)36-22-19-21-35-76(105)67-124-62-60-122-58-54-98-84(108)49-43-74(92(118)119)64-75(104)34-20-15-11-7-5-9-13-17-30-56-126-77-44-39-70(40-45-77)90(114)115)65-82(106)73(66-83(107)94(2,3)4)33-25-28-53-101-89(113)80(96)37-26-29-51-97-87(111)68-125-63-61-123-59-55-99-85(109)50-48-81(93(120)121)102-86(110)38-23-16-12-8-6-10-14-18-31-57-127-78-46-41-71(42-47-78)91(116)117/h39-42,44-47,72-74,79-81H,5-38,43,48-68,95-96H2,1-4H3,(H,97,111)(H,98,108)(H,99,109)(H,100,112)(H,101,113)(H,102,110)(H,114,115)(H,116,117)(H,118,119)(H,120,121)/t72-,73-,74-,79+,80+,81+/m1/s1. The van der Waals surface area contributed by atoms with Crippen LogP contribution in [0.25, 0.3) is 0 Å². The quantitative estimate of drug-likeness (QED) is 0.0274. The van der Waals surface area contributed by atoms with Crippen molar-refractivity contribution in [2.75, 3.05) is 98.8 Å². The maximum Gasteiger partial charge on any atom is 0.335 e. The first-order valence-corrected chi connectivity index (χ1v) is 46.3. The molecule has 0 unspecified atom stereocenters. The summed E-state index contributed by atoms with van der Waals surface area (Å²) in [5, 5.41) is 53.7. The highest BCUT2D eigenvalue weighted by Gasteiger charge is 2.31. The number of carboxylic acid groups (broad SMARTS) is 4. The van der Waals surface area contributed by atoms with Gasteiger partial charge in [0.05, 0.1) is 82.0 Å². The Labute approximate surface area is 751 Å². The second-order valence-electron chi connectivity index (χ2n) is 33.9. The van der Waals surface area contributed by atoms with Crippen molar-refractivity contribution in [2.45, 2.75) is 309 Å². The summed E-state index contributed by atoms with van der Waals surface area (Å²) in [7, 11) is 0. The molecule has 0 bridgehead atoms. The molecule has 6 amide bonds. The predicted octanol–water partition coefficient (Wildman–Crippen LogP) is 11.3. The van der Waals surface area contributed by atoms with Gasteiger partial charge in [0.2, 0.25) is 35.4 Å². The van der Waals surface area contributed by atoms with Gasteiger partial charge in [-0.15, -0.1) is 0 Å². The van der Waals surface area contributed by atoms with E-state index in [0.29, 0.717) is 154 Å². The third-order valence-corrected chi connectivity index (χ3v) is 21.8. The Kier molecular flexibility index (Phi) is 64.4. The molecule has 33 heteroatoms. The van der Waals surface area contributed by atoms with Crippen molar-refractivity contribution < 1.29 is 121 Å². The van der Waals surface area contributed by atoms with Gasteiger partial charge < -0.3 is 92.2 Å². The lowest BCUT2D eigenvalue weighted by molar-refractivity contribution is -0.144. The van der Waals surface area contributed by atoms with Gasteiger partial charge in [0.15, 0.2) is 5.78 Å². The Bertz CT molecular complexity index is 3520. The highest BCUT2D eigenvalue weighted by Crippen LogP contribution is 2.28. The van der Waals surface area contributed by atoms with Gasteiger partial charge in [-0.25, -0.2) is 14.4 Å². The van der Waals surface area contributed by atoms with Gasteiger partial charge in [-0.3, -0.25) is 57.5 Å². The minimum Gasteiger partial charge on any atom is -0.494 e. The second-order valence-corrected chi connectivity index (χ2v) is 33.9. The van der Waals surface area contributed by atoms with Crippen molar-refractivity contribution in [2.24, 2.45) is 34.6 Å². The summed E-state index contributed by atoms with van der Waals surface area (Å²) in [4.78, 5) is 186. The number of unbranched alkanes of at least 4 members (excludes halogenated alkanes) is 21. The minimum absolute atomic E-state index is 0.0150. The minimum atomic E-state index is -1.22. The molecule has 0 aliphatic heterocycles. The van der Waals surface area contributed by atoms with Crippen molar-refractivity contribution in [1.82, 2.24) is 31.9 Å². The number of ether oxygens (including phenoxy) is 6. The lowest BCUT2D eigenvalue weighted by atomic mass is 9.79. The summed E-state index contributed by atoms with van der Waals surface area (Å²) in [5.41, 5.74) is 12.1. The van der Waals surface area contributed by atoms with E-state index in [9.17, 15) is 82.1 Å². The molecule has 33 nitrogen and oxygen atoms in total. The number of hydrogen-bond donors (Lipinski definition) is 12. The monoisotopic (exact) mass is 1790 g/mol. The van der Waals surface area contributed by atoms with E-state index < -0.39 is 71.1 Å². The van der Waals surface area contributed by atoms with Crippen LogP contribution in [0, 0.1) is 23.2 Å². The number of carbonyl (C=O) groups excluding carboxylic acids is 11. The average Bonchev–Trinajstić information content (AvgIpc) is 0.872. The van der Waals surface area contributed by atoms with Gasteiger partial charge in [-0.1, -0.05) is 136 Å². The van der Waals surface area contributed by atoms with Gasteiger partial charge in [-0.2, -0.15) is 0 Å². The van der Waals surface area contributed by atoms with Crippen LogP contribution >= 0.6 is 0 Å². The second kappa shape index (κ2) is 71.7. The van der Waals surface area contributed by atoms with E-state index in [0.717, 1.165) is 103 Å². The number of Topliss-reactive ketones (excluding diaryl/α,β-unsaturated/α-hetero) is 5. The highest BCUT2D eigenvalue weighted by atomic mass is 16.5. The molecular formula is C94H152N8O25. The van der Waals surface area contributed by atoms with E-state index in [2.05, 4.69) is 31.9 Å². The largest absolute Gasteiger partial charge is 0.494 e. The third-order valence-electron chi connectivity index (χ3n) is 21.8. The summed E-state index contributed by atoms with van der Waals surface area (Å²) in [6.45, 7) is 9.97. The summed E-state index contributed by atoms with van der Waals surface area (Å²) in [6, 6.07) is 9.97. The summed E-state index contributed by atoms with van der Waals surface area (Å²) < 4.78 is 33.1. The number of nitrogens with two attached hydrogens (primary N) is 2. The fraction of sp³-hybridized carbons (Fsp3) is 0.713. The fourth-order valence-electron chi connectivity index (χ4n) is 13.8. The van der Waals surface area contributed by atoms with E-state index in [1.54, 1.807) is 45.0 Å². The molecule has 0 fully saturated rings. The molecule has 2 aromatic carbocycles. The number of carboxylic acids is 4. The van der Waals surface area contributed by atoms with E-state index >= 15 is 0 Å². The van der Waals surface area contributed by atoms with Crippen LogP contribution in [0.4, 0.5) is 0 Å². The Hall–Kier alpha value is -9.15. The molecule has 0 radical (unpaired) electrons. The summed E-state index contributed by atoms with van der Waals surface area (Å²) >= 11 is 0. The molecule has 0 heterocycles. The van der Waals surface area contributed by atoms with E-state index in [-0.39, 0.29) is 187 Å². The van der Waals surface area contributed by atoms with Crippen LogP contribution in [0.2, 0.25) is 0 Å². The first kappa shape index (κ1) is 114. The molecule has 14 N–H and O–H groups in total. The van der Waals surface area contributed by atoms with Gasteiger partial charge >= 0.3 is 23.9 Å². The Morgan fingerprint density at radius 3 is 1.19 bits per heavy atom. The Morgan fingerprint density at radius 1 is 0.339 bits per heavy atom. The lowest BCUT2D eigenvalue weighted by Crippen LogP contribution is -2.41. The van der Waals surface area contributed by atoms with Crippen LogP contribution in [0.15, 0.2) is 48.5 Å². The zero-order valence-corrected chi connectivity index (χ0v) is 76.2. The van der Waals surface area contributed by atoms with Crippen molar-refractivity contribution in [3.63, 3.8) is 0 Å². The smallest absolute Gasteiger partial charge is 0.335 e. The Morgan fingerprint density at radius 2 is 0.732 bits per heavy atom. The van der Waals surface area contributed by atoms with Crippen molar-refractivity contribution in [1.29, 1.82) is 0 Å². The van der Waals surface area contributed by atoms with Gasteiger partial charge in [0.1, 0.15) is 53.9 Å². The molecule has 0 aliphatic rings. The molecule has 0 spiro atoms. The molecule has 718 valence electrons. The van der Waals surface area contributed by atoms with Gasteiger partial charge in [-0.05, 0) is 152 Å². The number of aliphatic carboxylic acids is 2. The number of rotatable bonds is 84. The number of aromatic carboxylic acids is 2. The van der Waals surface area contributed by atoms with E-state index in [4.69, 9.17) is 50.1 Å². The number of benzene rings is 2. The van der Waals surface area contributed by atoms with E-state index in [1.807, 2.05) is 0 Å². The zero-order valence-electron chi connectivity index (χ0n) is 76.2. The average molecular weight is 1790 g/mol. The predicted molar refractivity (Wildman–Crippen MR) is 479 cm³/mol. The maximum atomic E-state index is 13.9. The van der Waals surface area contributed by atoms with Crippen LogP contribution in [0.1, 0.15) is 312 Å². The SMILES string of the molecule is CC(=O)[C@H](CCCCNC(=O)[C@@H](N)CCCCCC(=O)COCCOCCNC(=O)CC[C@H](CC(=O)CCCCCCCCCCCOc1ccc(C(=O)O)cc1)C(=O)O)CC(=O)[C@H](CCCCNC(=O)[C@@H](N)CCCCNC(=O)COCCOCCNC(=O)CC[C@H](NC(=O)CCCCCCCCCCCOc1ccc(C(=O)O)cc1)C(=O)O)CC(=O)C(C)(C)C. The molecule has 0 aliphatic carbocycles. The number of nitrogens with one attached hydrogen (secondary N) is 6. The number of carbonyl (C=O) groups is 15. The maximum absolute atomic E-state index is 13.9. The molecule has 127 heavy (non-hydrogen) atoms. The molecule has 0 saturated heterocycles. The van der Waals surface area contributed by atoms with Crippen LogP contribution < -0.4 is 52.8 Å². The third kappa shape index (κ3) is 61.1. The first-order valence-electron chi connectivity index (χ1n) is 46.3. The van der Waals surface area contributed by atoms with Crippen LogP contribution in [-0.4, -0.2) is 226 Å². The normalized spacial score (nSPS) is 12.7. The zero-order chi connectivity index (χ0) is 93.7.